The van der Waals surface area contributed by atoms with Crippen LogP contribution in [0.3, 0.4) is 0 Å². The van der Waals surface area contributed by atoms with Crippen molar-refractivity contribution in [3.05, 3.63) is 35.4 Å². The van der Waals surface area contributed by atoms with Crippen LogP contribution in [0.4, 0.5) is 0 Å². The minimum Gasteiger partial charge on any atom is -0.392 e. The molecule has 2 heteroatoms. The molecule has 1 N–H and O–H groups in total. The molecular weight excluding hydrogens is 228 g/mol. The summed E-state index contributed by atoms with van der Waals surface area (Å²) >= 11 is 1.84. The maximum Gasteiger partial charge on any atom is 0.0670 e. The zero-order valence-corrected chi connectivity index (χ0v) is 12.0. The normalized spacial score (nSPS) is 13.0. The molecule has 0 aromatic heterocycles. The Morgan fingerprint density at radius 3 is 2.35 bits per heavy atom. The number of benzene rings is 1. The molecule has 1 aromatic rings. The Bertz CT molecular complexity index is 305. The van der Waals surface area contributed by atoms with Crippen molar-refractivity contribution in [3.8, 4) is 0 Å². The molecule has 96 valence electrons. The highest BCUT2D eigenvalue weighted by Gasteiger charge is 2.06. The van der Waals surface area contributed by atoms with Crippen LogP contribution in [0.1, 0.15) is 44.2 Å². The van der Waals surface area contributed by atoms with Gasteiger partial charge in [-0.1, -0.05) is 45.0 Å². The molecule has 0 saturated carbocycles. The van der Waals surface area contributed by atoms with Gasteiger partial charge < -0.3 is 5.11 Å². The molecule has 0 amide bonds. The van der Waals surface area contributed by atoms with Gasteiger partial charge in [0.1, 0.15) is 0 Å². The molecule has 0 spiro atoms. The first-order valence-electron chi connectivity index (χ1n) is 6.48. The molecule has 0 aliphatic carbocycles. The standard InChI is InChI=1S/C15H24OS/c1-4-9-17-11-15(16)10-13-5-7-14(8-6-13)12(2)3/h5-8,12,15-16H,4,9-11H2,1-3H3. The lowest BCUT2D eigenvalue weighted by Gasteiger charge is -2.11. The Labute approximate surface area is 110 Å². The van der Waals surface area contributed by atoms with Crippen LogP contribution in [0.15, 0.2) is 24.3 Å². The monoisotopic (exact) mass is 252 g/mol. The second-order valence-electron chi connectivity index (χ2n) is 4.83. The van der Waals surface area contributed by atoms with Crippen LogP contribution in [0.2, 0.25) is 0 Å². The maximum absolute atomic E-state index is 9.89. The highest BCUT2D eigenvalue weighted by molar-refractivity contribution is 7.99. The second-order valence-corrected chi connectivity index (χ2v) is 5.98. The molecule has 0 fully saturated rings. The molecule has 17 heavy (non-hydrogen) atoms. The van der Waals surface area contributed by atoms with Gasteiger partial charge in [-0.2, -0.15) is 11.8 Å². The molecule has 1 nitrogen and oxygen atoms in total. The van der Waals surface area contributed by atoms with Crippen LogP contribution in [-0.2, 0) is 6.42 Å². The van der Waals surface area contributed by atoms with E-state index in [-0.39, 0.29) is 6.10 Å². The molecule has 0 aliphatic rings. The number of hydrogen-bond donors (Lipinski definition) is 1. The average Bonchev–Trinajstić information content (AvgIpc) is 2.30. The Hall–Kier alpha value is -0.470. The van der Waals surface area contributed by atoms with Crippen LogP contribution in [0.25, 0.3) is 0 Å². The van der Waals surface area contributed by atoms with E-state index in [1.54, 1.807) is 0 Å². The molecule has 0 radical (unpaired) electrons. The van der Waals surface area contributed by atoms with Crippen LogP contribution in [0, 0.1) is 0 Å². The molecular formula is C15H24OS. The molecule has 1 unspecified atom stereocenters. The van der Waals surface area contributed by atoms with Crippen molar-refractivity contribution in [2.45, 2.75) is 45.6 Å². The minimum absolute atomic E-state index is 0.212. The lowest BCUT2D eigenvalue weighted by Crippen LogP contribution is -2.13. The van der Waals surface area contributed by atoms with E-state index in [1.165, 1.54) is 17.5 Å². The average molecular weight is 252 g/mol. The van der Waals surface area contributed by atoms with Crippen molar-refractivity contribution >= 4 is 11.8 Å². The van der Waals surface area contributed by atoms with Gasteiger partial charge in [0.25, 0.3) is 0 Å². The van der Waals surface area contributed by atoms with E-state index in [4.69, 9.17) is 0 Å². The smallest absolute Gasteiger partial charge is 0.0670 e. The topological polar surface area (TPSA) is 20.2 Å². The number of thioether (sulfide) groups is 1. The zero-order chi connectivity index (χ0) is 12.7. The van der Waals surface area contributed by atoms with Crippen molar-refractivity contribution in [1.82, 2.24) is 0 Å². The quantitative estimate of drug-likeness (QED) is 0.744. The van der Waals surface area contributed by atoms with E-state index in [0.717, 1.165) is 17.9 Å². The second kappa shape index (κ2) is 7.78. The zero-order valence-electron chi connectivity index (χ0n) is 11.1. The van der Waals surface area contributed by atoms with Crippen molar-refractivity contribution in [3.63, 3.8) is 0 Å². The van der Waals surface area contributed by atoms with Crippen molar-refractivity contribution < 1.29 is 5.11 Å². The van der Waals surface area contributed by atoms with Gasteiger partial charge in [-0.15, -0.1) is 0 Å². The molecule has 0 bridgehead atoms. The van der Waals surface area contributed by atoms with Gasteiger partial charge in [-0.05, 0) is 35.6 Å². The third-order valence-corrected chi connectivity index (χ3v) is 4.09. The number of hydrogen-bond acceptors (Lipinski definition) is 2. The summed E-state index contributed by atoms with van der Waals surface area (Å²) < 4.78 is 0. The third kappa shape index (κ3) is 5.60. The van der Waals surface area contributed by atoms with Gasteiger partial charge in [-0.25, -0.2) is 0 Å². The number of aliphatic hydroxyl groups excluding tert-OH is 1. The summed E-state index contributed by atoms with van der Waals surface area (Å²) in [5.74, 6) is 2.57. The van der Waals surface area contributed by atoms with E-state index < -0.39 is 0 Å². The van der Waals surface area contributed by atoms with Crippen molar-refractivity contribution in [1.29, 1.82) is 0 Å². The fourth-order valence-corrected chi connectivity index (χ4v) is 2.58. The van der Waals surface area contributed by atoms with E-state index in [1.807, 2.05) is 11.8 Å². The summed E-state index contributed by atoms with van der Waals surface area (Å²) in [6.07, 6.45) is 1.74. The Morgan fingerprint density at radius 1 is 1.18 bits per heavy atom. The first-order chi connectivity index (χ1) is 8.13. The number of rotatable bonds is 7. The molecule has 0 heterocycles. The van der Waals surface area contributed by atoms with E-state index >= 15 is 0 Å². The summed E-state index contributed by atoms with van der Waals surface area (Å²) in [5, 5.41) is 9.89. The van der Waals surface area contributed by atoms with E-state index in [0.29, 0.717) is 5.92 Å². The fraction of sp³-hybridized carbons (Fsp3) is 0.600. The first-order valence-corrected chi connectivity index (χ1v) is 7.63. The summed E-state index contributed by atoms with van der Waals surface area (Å²) in [6.45, 7) is 6.57. The fourth-order valence-electron chi connectivity index (χ4n) is 1.73. The first kappa shape index (κ1) is 14.6. The van der Waals surface area contributed by atoms with Crippen LogP contribution >= 0.6 is 11.8 Å². The Balaban J connectivity index is 2.40. The third-order valence-electron chi connectivity index (χ3n) is 2.78. The van der Waals surface area contributed by atoms with E-state index in [2.05, 4.69) is 45.0 Å². The maximum atomic E-state index is 9.89. The van der Waals surface area contributed by atoms with Crippen LogP contribution in [-0.4, -0.2) is 22.7 Å². The molecule has 1 aromatic carbocycles. The molecule has 1 rings (SSSR count). The lowest BCUT2D eigenvalue weighted by molar-refractivity contribution is 0.200. The summed E-state index contributed by atoms with van der Waals surface area (Å²) in [5.41, 5.74) is 2.60. The van der Waals surface area contributed by atoms with Crippen molar-refractivity contribution in [2.75, 3.05) is 11.5 Å². The summed E-state index contributed by atoms with van der Waals surface area (Å²) in [7, 11) is 0. The Kier molecular flexibility index (Phi) is 6.68. The van der Waals surface area contributed by atoms with Gasteiger partial charge >= 0.3 is 0 Å². The van der Waals surface area contributed by atoms with Gasteiger partial charge in [-0.3, -0.25) is 0 Å². The SMILES string of the molecule is CCCSCC(O)Cc1ccc(C(C)C)cc1. The highest BCUT2D eigenvalue weighted by Crippen LogP contribution is 2.16. The van der Waals surface area contributed by atoms with Gasteiger partial charge in [0, 0.05) is 5.75 Å². The molecule has 0 aliphatic heterocycles. The van der Waals surface area contributed by atoms with Gasteiger partial charge in [0.05, 0.1) is 6.10 Å². The van der Waals surface area contributed by atoms with Gasteiger partial charge in [0.2, 0.25) is 0 Å². The predicted molar refractivity (Wildman–Crippen MR) is 77.9 cm³/mol. The predicted octanol–water partition coefficient (Wildman–Crippen LogP) is 3.86. The molecule has 0 saturated heterocycles. The molecule has 1 atom stereocenters. The van der Waals surface area contributed by atoms with Gasteiger partial charge in [0.15, 0.2) is 0 Å². The Morgan fingerprint density at radius 2 is 1.82 bits per heavy atom. The number of aliphatic hydroxyl groups is 1. The summed E-state index contributed by atoms with van der Waals surface area (Å²) in [4.78, 5) is 0. The van der Waals surface area contributed by atoms with E-state index in [9.17, 15) is 5.11 Å². The largest absolute Gasteiger partial charge is 0.392 e. The summed E-state index contributed by atoms with van der Waals surface area (Å²) in [6, 6.07) is 8.63. The minimum atomic E-state index is -0.212. The lowest BCUT2D eigenvalue weighted by atomic mass is 10.00. The van der Waals surface area contributed by atoms with Crippen LogP contribution < -0.4 is 0 Å². The van der Waals surface area contributed by atoms with Crippen molar-refractivity contribution in [2.24, 2.45) is 0 Å². The highest BCUT2D eigenvalue weighted by atomic mass is 32.2. The van der Waals surface area contributed by atoms with Crippen LogP contribution in [0.5, 0.6) is 0 Å².